The van der Waals surface area contributed by atoms with E-state index < -0.39 is 0 Å². The van der Waals surface area contributed by atoms with Crippen LogP contribution in [0.4, 0.5) is 0 Å². The molecule has 1 aromatic carbocycles. The second-order valence-electron chi connectivity index (χ2n) is 15.1. The summed E-state index contributed by atoms with van der Waals surface area (Å²) < 4.78 is 2.24. The van der Waals surface area contributed by atoms with E-state index in [1.165, 1.54) is 173 Å². The van der Waals surface area contributed by atoms with Gasteiger partial charge in [0.1, 0.15) is 6.54 Å². The molecule has 264 valence electrons. The zero-order chi connectivity index (χ0) is 31.2. The average molecular weight is 704 g/mol. The maximum atomic E-state index is 2.36. The topological polar surface area (TPSA) is 0 Å². The predicted octanol–water partition coefficient (Wildman–Crippen LogP) is 6.37. The molecule has 0 unspecified atom stereocenters. The summed E-state index contributed by atoms with van der Waals surface area (Å²) in [5.74, 6) is 0. The third kappa shape index (κ3) is 38.1. The van der Waals surface area contributed by atoms with Crippen LogP contribution in [0.5, 0.6) is 0 Å². The average Bonchev–Trinajstić information content (AvgIpc) is 2.94. The molecule has 1 rings (SSSR count). The molecule has 4 heteroatoms. The van der Waals surface area contributed by atoms with Gasteiger partial charge >= 0.3 is 0 Å². The van der Waals surface area contributed by atoms with E-state index in [0.29, 0.717) is 0 Å². The number of unbranched alkanes of at least 4 members (excludes halogenated alkanes) is 22. The Kier molecular flexibility index (Phi) is 37.6. The SMILES string of the molecule is CCCCCCCCCCCCCCCC[N+](C)(C)C.CCCCCCCCCCCC[N+](C)(C)Cc1ccccc1.[Br-].[Cl-]. The smallest absolute Gasteiger partial charge is 0.104 e. The maximum absolute atomic E-state index is 2.36. The van der Waals surface area contributed by atoms with Crippen molar-refractivity contribution in [3.8, 4) is 0 Å². The second-order valence-corrected chi connectivity index (χ2v) is 15.1. The van der Waals surface area contributed by atoms with Crippen LogP contribution in [-0.4, -0.2) is 57.3 Å². The molecule has 0 aromatic heterocycles. The lowest BCUT2D eigenvalue weighted by atomic mass is 10.0. The number of rotatable bonds is 28. The fourth-order valence-electron chi connectivity index (χ4n) is 5.96. The molecule has 0 heterocycles. The van der Waals surface area contributed by atoms with Crippen LogP contribution in [0.25, 0.3) is 0 Å². The molecule has 0 saturated heterocycles. The van der Waals surface area contributed by atoms with Crippen molar-refractivity contribution in [2.75, 3.05) is 48.3 Å². The van der Waals surface area contributed by atoms with Crippen molar-refractivity contribution in [2.45, 2.75) is 174 Å². The van der Waals surface area contributed by atoms with Crippen molar-refractivity contribution in [3.05, 3.63) is 35.9 Å². The number of halogens is 2. The van der Waals surface area contributed by atoms with Gasteiger partial charge in [-0.25, -0.2) is 0 Å². The molecule has 0 aliphatic heterocycles. The van der Waals surface area contributed by atoms with Gasteiger partial charge < -0.3 is 38.4 Å². The molecule has 1 aromatic rings. The monoisotopic (exact) mass is 703 g/mol. The van der Waals surface area contributed by atoms with Crippen LogP contribution in [-0.2, 0) is 6.54 Å². The van der Waals surface area contributed by atoms with E-state index in [9.17, 15) is 0 Å². The van der Waals surface area contributed by atoms with Crippen LogP contribution >= 0.6 is 0 Å². The third-order valence-electron chi connectivity index (χ3n) is 8.75. The van der Waals surface area contributed by atoms with Crippen LogP contribution in [0.3, 0.4) is 0 Å². The molecule has 0 amide bonds. The van der Waals surface area contributed by atoms with Gasteiger partial charge in [0.25, 0.3) is 0 Å². The molecule has 0 atom stereocenters. The van der Waals surface area contributed by atoms with Gasteiger partial charge in [0.2, 0.25) is 0 Å². The van der Waals surface area contributed by atoms with Crippen molar-refractivity contribution in [1.29, 1.82) is 0 Å². The largest absolute Gasteiger partial charge is 1.00 e. The summed E-state index contributed by atoms with van der Waals surface area (Å²) in [6.07, 6.45) is 34.6. The minimum absolute atomic E-state index is 0. The van der Waals surface area contributed by atoms with E-state index in [4.69, 9.17) is 0 Å². The first-order chi connectivity index (χ1) is 20.2. The van der Waals surface area contributed by atoms with E-state index in [1.54, 1.807) is 0 Å². The number of hydrogen-bond donors (Lipinski definition) is 0. The van der Waals surface area contributed by atoms with Gasteiger partial charge in [0.15, 0.2) is 0 Å². The van der Waals surface area contributed by atoms with Crippen molar-refractivity contribution in [2.24, 2.45) is 0 Å². The summed E-state index contributed by atoms with van der Waals surface area (Å²) >= 11 is 0. The van der Waals surface area contributed by atoms with Gasteiger partial charge in [0, 0.05) is 5.56 Å². The number of quaternary nitrogens is 2. The lowest BCUT2D eigenvalue weighted by molar-refractivity contribution is -0.903. The summed E-state index contributed by atoms with van der Waals surface area (Å²) in [5, 5.41) is 0. The zero-order valence-corrected chi connectivity index (χ0v) is 33.5. The highest BCUT2D eigenvalue weighted by molar-refractivity contribution is 5.13. The minimum atomic E-state index is 0. The first-order valence-corrected chi connectivity index (χ1v) is 18.9. The Bertz CT molecular complexity index is 659. The Balaban J connectivity index is -0.000000735. The molecule has 0 bridgehead atoms. The van der Waals surface area contributed by atoms with Gasteiger partial charge in [-0.1, -0.05) is 173 Å². The molecule has 0 radical (unpaired) electrons. The Morgan fingerprint density at radius 1 is 0.409 bits per heavy atom. The predicted molar refractivity (Wildman–Crippen MR) is 192 cm³/mol. The summed E-state index contributed by atoms with van der Waals surface area (Å²) in [5.41, 5.74) is 1.46. The second kappa shape index (κ2) is 34.3. The van der Waals surface area contributed by atoms with Crippen LogP contribution < -0.4 is 29.4 Å². The Morgan fingerprint density at radius 3 is 1.02 bits per heavy atom. The van der Waals surface area contributed by atoms with Gasteiger partial charge in [-0.2, -0.15) is 0 Å². The number of benzene rings is 1. The molecule has 0 aliphatic carbocycles. The van der Waals surface area contributed by atoms with Crippen LogP contribution in [0.1, 0.15) is 174 Å². The van der Waals surface area contributed by atoms with Gasteiger partial charge in [-0.15, -0.1) is 0 Å². The lowest BCUT2D eigenvalue weighted by Crippen LogP contribution is -3.00. The molecule has 0 aliphatic rings. The maximum Gasteiger partial charge on any atom is 0.104 e. The van der Waals surface area contributed by atoms with Crippen LogP contribution in [0.2, 0.25) is 0 Å². The quantitative estimate of drug-likeness (QED) is 0.0704. The van der Waals surface area contributed by atoms with Crippen molar-refractivity contribution < 1.29 is 38.4 Å². The van der Waals surface area contributed by atoms with Gasteiger partial charge in [0.05, 0.1) is 48.3 Å². The molecule has 0 N–H and O–H groups in total. The minimum Gasteiger partial charge on any atom is -1.00 e. The van der Waals surface area contributed by atoms with Crippen LogP contribution in [0, 0.1) is 0 Å². The number of nitrogens with zero attached hydrogens (tertiary/aromatic N) is 2. The summed E-state index contributed by atoms with van der Waals surface area (Å²) in [4.78, 5) is 0. The third-order valence-corrected chi connectivity index (χ3v) is 8.75. The zero-order valence-electron chi connectivity index (χ0n) is 31.1. The first kappa shape index (κ1) is 48.3. The highest BCUT2D eigenvalue weighted by Gasteiger charge is 2.14. The standard InChI is InChI=1S/C21H38N.C19H42N.BrH.ClH/c1-4-5-6-7-8-9-10-11-12-16-19-22(2,3)20-21-17-14-13-15-18-21;1-5-6-7-8-9-10-11-12-13-14-15-16-17-18-19-20(2,3)4;;/h13-15,17-18H,4-12,16,19-20H2,1-3H3;5-19H2,1-4H3;2*1H/q2*+1;;/p-2. The molecular formula is C40H80BrClN2. The van der Waals surface area contributed by atoms with Crippen molar-refractivity contribution in [1.82, 2.24) is 0 Å². The first-order valence-electron chi connectivity index (χ1n) is 18.9. The Hall–Kier alpha value is -0.0900. The fraction of sp³-hybridized carbons (Fsp3) is 0.850. The van der Waals surface area contributed by atoms with Crippen molar-refractivity contribution in [3.63, 3.8) is 0 Å². The van der Waals surface area contributed by atoms with E-state index in [-0.39, 0.29) is 29.4 Å². The summed E-state index contributed by atoms with van der Waals surface area (Å²) in [6.45, 7) is 8.36. The molecular weight excluding hydrogens is 624 g/mol. The van der Waals surface area contributed by atoms with Crippen LogP contribution in [0.15, 0.2) is 30.3 Å². The van der Waals surface area contributed by atoms with Gasteiger partial charge in [-0.3, -0.25) is 0 Å². The lowest BCUT2D eigenvalue weighted by Gasteiger charge is -2.30. The van der Waals surface area contributed by atoms with E-state index in [1.807, 2.05) is 0 Å². The highest BCUT2D eigenvalue weighted by atomic mass is 79.9. The van der Waals surface area contributed by atoms with E-state index in [2.05, 4.69) is 79.4 Å². The van der Waals surface area contributed by atoms with E-state index in [0.717, 1.165) is 15.5 Å². The Labute approximate surface area is 295 Å². The summed E-state index contributed by atoms with van der Waals surface area (Å²) in [7, 11) is 11.6. The normalized spacial score (nSPS) is 11.3. The molecule has 0 saturated carbocycles. The molecule has 0 spiro atoms. The number of hydrogen-bond acceptors (Lipinski definition) is 0. The molecule has 44 heavy (non-hydrogen) atoms. The Morgan fingerprint density at radius 2 is 0.705 bits per heavy atom. The summed E-state index contributed by atoms with van der Waals surface area (Å²) in [6, 6.07) is 10.9. The molecule has 2 nitrogen and oxygen atoms in total. The van der Waals surface area contributed by atoms with Crippen molar-refractivity contribution >= 4 is 0 Å². The molecule has 0 fully saturated rings. The fourth-order valence-corrected chi connectivity index (χ4v) is 5.96. The van der Waals surface area contributed by atoms with Gasteiger partial charge in [-0.05, 0) is 25.7 Å². The highest BCUT2D eigenvalue weighted by Crippen LogP contribution is 2.15. The van der Waals surface area contributed by atoms with E-state index >= 15 is 0 Å².